The summed E-state index contributed by atoms with van der Waals surface area (Å²) < 4.78 is 0. The maximum absolute atomic E-state index is 13.3. The second kappa shape index (κ2) is 7.47. The minimum Gasteiger partial charge on any atom is -0.306 e. The lowest BCUT2D eigenvalue weighted by Crippen LogP contribution is -2.29. The second-order valence-corrected chi connectivity index (χ2v) is 7.71. The molecule has 4 rings (SSSR count). The lowest BCUT2D eigenvalue weighted by molar-refractivity contribution is -0.114. The zero-order chi connectivity index (χ0) is 19.0. The number of amides is 1. The molecule has 0 bridgehead atoms. The summed E-state index contributed by atoms with van der Waals surface area (Å²) in [5, 5.41) is 7.04. The summed E-state index contributed by atoms with van der Waals surface area (Å²) >= 11 is 12.3. The van der Waals surface area contributed by atoms with Gasteiger partial charge in [-0.1, -0.05) is 59.1 Å². The Labute approximate surface area is 168 Å². The van der Waals surface area contributed by atoms with Gasteiger partial charge in [0.1, 0.15) is 5.71 Å². The van der Waals surface area contributed by atoms with E-state index in [9.17, 15) is 4.79 Å². The summed E-state index contributed by atoms with van der Waals surface area (Å²) in [7, 11) is 2.10. The van der Waals surface area contributed by atoms with E-state index in [1.807, 2.05) is 30.3 Å². The smallest absolute Gasteiger partial charge is 0.280 e. The third-order valence-electron chi connectivity index (χ3n) is 4.93. The Morgan fingerprint density at radius 2 is 1.59 bits per heavy atom. The zero-order valence-electron chi connectivity index (χ0n) is 15.0. The predicted molar refractivity (Wildman–Crippen MR) is 111 cm³/mol. The first-order chi connectivity index (χ1) is 13.0. The Morgan fingerprint density at radius 1 is 0.963 bits per heavy atom. The predicted octanol–water partition coefficient (Wildman–Crippen LogP) is 4.77. The molecule has 0 spiro atoms. The number of hydrogen-bond donors (Lipinski definition) is 0. The summed E-state index contributed by atoms with van der Waals surface area (Å²) in [5.41, 5.74) is 4.11. The van der Waals surface area contributed by atoms with Crippen molar-refractivity contribution in [3.05, 3.63) is 75.3 Å². The number of hydrazone groups is 1. The molecule has 2 aromatic carbocycles. The first-order valence-electron chi connectivity index (χ1n) is 8.88. The largest absolute Gasteiger partial charge is 0.306 e. The molecule has 1 saturated heterocycles. The number of piperidine rings is 1. The molecular weight excluding hydrogens is 381 g/mol. The average Bonchev–Trinajstić information content (AvgIpc) is 3.00. The number of likely N-dealkylation sites (tertiary alicyclic amines) is 1. The fourth-order valence-electron chi connectivity index (χ4n) is 3.49. The molecule has 1 fully saturated rings. The number of carbonyl (C=O) groups is 1. The van der Waals surface area contributed by atoms with Crippen molar-refractivity contribution in [1.29, 1.82) is 0 Å². The Bertz CT molecular complexity index is 923. The van der Waals surface area contributed by atoms with Crippen LogP contribution in [0.2, 0.25) is 10.0 Å². The van der Waals surface area contributed by atoms with Crippen molar-refractivity contribution >= 4 is 40.5 Å². The summed E-state index contributed by atoms with van der Waals surface area (Å²) in [6.07, 6.45) is 1.74. The summed E-state index contributed by atoms with van der Waals surface area (Å²) in [6.45, 7) is 1.88. The molecule has 1 amide bonds. The highest BCUT2D eigenvalue weighted by molar-refractivity contribution is 6.37. The first-order valence-corrected chi connectivity index (χ1v) is 9.64. The average molecular weight is 400 g/mol. The van der Waals surface area contributed by atoms with Gasteiger partial charge in [0.25, 0.3) is 5.91 Å². The normalized spacial score (nSPS) is 18.3. The molecule has 0 N–H and O–H groups in total. The third-order valence-corrected chi connectivity index (χ3v) is 5.36. The van der Waals surface area contributed by atoms with E-state index in [0.717, 1.165) is 42.8 Å². The quantitative estimate of drug-likeness (QED) is 0.681. The lowest BCUT2D eigenvalue weighted by atomic mass is 9.92. The number of halogens is 2. The SMILES string of the molecule is CN1CCC(=C2C(=O)N(c3cc(Cl)cc(Cl)c3)N=C2c2ccccc2)CC1. The van der Waals surface area contributed by atoms with Crippen LogP contribution in [0, 0.1) is 0 Å². The highest BCUT2D eigenvalue weighted by atomic mass is 35.5. The molecule has 6 heteroatoms. The van der Waals surface area contributed by atoms with Crippen LogP contribution >= 0.6 is 23.2 Å². The second-order valence-electron chi connectivity index (χ2n) is 6.84. The van der Waals surface area contributed by atoms with Crippen LogP contribution in [-0.4, -0.2) is 36.7 Å². The van der Waals surface area contributed by atoms with Crippen molar-refractivity contribution < 1.29 is 4.79 Å². The van der Waals surface area contributed by atoms with E-state index in [1.54, 1.807) is 18.2 Å². The van der Waals surface area contributed by atoms with E-state index in [2.05, 4.69) is 17.0 Å². The number of anilines is 1. The minimum absolute atomic E-state index is 0.119. The molecule has 4 nitrogen and oxygen atoms in total. The molecule has 27 heavy (non-hydrogen) atoms. The molecule has 0 unspecified atom stereocenters. The van der Waals surface area contributed by atoms with Gasteiger partial charge in [-0.25, -0.2) is 0 Å². The van der Waals surface area contributed by atoms with Crippen molar-refractivity contribution in [1.82, 2.24) is 4.90 Å². The monoisotopic (exact) mass is 399 g/mol. The van der Waals surface area contributed by atoms with Gasteiger partial charge in [0.05, 0.1) is 11.3 Å². The van der Waals surface area contributed by atoms with Crippen LogP contribution in [0.25, 0.3) is 0 Å². The van der Waals surface area contributed by atoms with Crippen LogP contribution in [0.1, 0.15) is 18.4 Å². The van der Waals surface area contributed by atoms with Gasteiger partial charge in [-0.2, -0.15) is 10.1 Å². The molecular formula is C21H19Cl2N3O. The molecule has 0 saturated carbocycles. The number of rotatable bonds is 2. The highest BCUT2D eigenvalue weighted by Crippen LogP contribution is 2.33. The van der Waals surface area contributed by atoms with E-state index in [4.69, 9.17) is 23.2 Å². The molecule has 0 atom stereocenters. The fraction of sp³-hybridized carbons (Fsp3) is 0.238. The molecule has 0 aromatic heterocycles. The van der Waals surface area contributed by atoms with Crippen LogP contribution in [0.3, 0.4) is 0 Å². The van der Waals surface area contributed by atoms with Gasteiger partial charge in [0.2, 0.25) is 0 Å². The first kappa shape index (κ1) is 18.2. The van der Waals surface area contributed by atoms with E-state index in [-0.39, 0.29) is 5.91 Å². The van der Waals surface area contributed by atoms with Gasteiger partial charge >= 0.3 is 0 Å². The highest BCUT2D eigenvalue weighted by Gasteiger charge is 2.35. The van der Waals surface area contributed by atoms with Crippen LogP contribution in [0.5, 0.6) is 0 Å². The number of carbonyl (C=O) groups excluding carboxylic acids is 1. The molecule has 0 aliphatic carbocycles. The van der Waals surface area contributed by atoms with Crippen molar-refractivity contribution in [2.45, 2.75) is 12.8 Å². The molecule has 138 valence electrons. The Hall–Kier alpha value is -2.14. The Morgan fingerprint density at radius 3 is 2.22 bits per heavy atom. The summed E-state index contributed by atoms with van der Waals surface area (Å²) in [4.78, 5) is 15.6. The maximum atomic E-state index is 13.3. The van der Waals surface area contributed by atoms with E-state index < -0.39 is 0 Å². The molecule has 0 radical (unpaired) electrons. The van der Waals surface area contributed by atoms with Crippen LogP contribution in [-0.2, 0) is 4.79 Å². The van der Waals surface area contributed by atoms with Gasteiger partial charge in [-0.15, -0.1) is 0 Å². The van der Waals surface area contributed by atoms with Gasteiger partial charge in [-0.05, 0) is 38.1 Å². The Kier molecular flexibility index (Phi) is 5.04. The molecule has 2 heterocycles. The van der Waals surface area contributed by atoms with Crippen LogP contribution in [0.15, 0.2) is 64.8 Å². The van der Waals surface area contributed by atoms with E-state index in [0.29, 0.717) is 21.3 Å². The third kappa shape index (κ3) is 3.65. The van der Waals surface area contributed by atoms with Gasteiger partial charge in [0.15, 0.2) is 0 Å². The molecule has 2 aliphatic heterocycles. The zero-order valence-corrected chi connectivity index (χ0v) is 16.5. The number of benzene rings is 2. The van der Waals surface area contributed by atoms with Crippen molar-refractivity contribution in [3.63, 3.8) is 0 Å². The number of hydrogen-bond acceptors (Lipinski definition) is 3. The fourth-order valence-corrected chi connectivity index (χ4v) is 4.01. The van der Waals surface area contributed by atoms with E-state index >= 15 is 0 Å². The lowest BCUT2D eigenvalue weighted by Gasteiger charge is -2.25. The van der Waals surface area contributed by atoms with Crippen molar-refractivity contribution in [2.75, 3.05) is 25.1 Å². The number of nitrogens with zero attached hydrogens (tertiary/aromatic N) is 3. The Balaban J connectivity index is 1.82. The summed E-state index contributed by atoms with van der Waals surface area (Å²) in [6, 6.07) is 14.9. The maximum Gasteiger partial charge on any atom is 0.280 e. The van der Waals surface area contributed by atoms with Gasteiger partial charge < -0.3 is 4.90 Å². The standard InChI is InChI=1S/C21H19Cl2N3O/c1-25-9-7-14(8-10-25)19-20(15-5-3-2-4-6-15)24-26(21(19)27)18-12-16(22)11-17(23)13-18/h2-6,11-13H,7-10H2,1H3. The topological polar surface area (TPSA) is 35.9 Å². The van der Waals surface area contributed by atoms with Crippen molar-refractivity contribution in [3.8, 4) is 0 Å². The van der Waals surface area contributed by atoms with Crippen molar-refractivity contribution in [2.24, 2.45) is 5.10 Å². The molecule has 2 aromatic rings. The van der Waals surface area contributed by atoms with E-state index in [1.165, 1.54) is 5.01 Å². The van der Waals surface area contributed by atoms with Crippen LogP contribution < -0.4 is 5.01 Å². The van der Waals surface area contributed by atoms with Gasteiger partial charge in [-0.3, -0.25) is 4.79 Å². The van der Waals surface area contributed by atoms with Gasteiger partial charge in [0, 0.05) is 28.7 Å². The molecule has 2 aliphatic rings. The minimum atomic E-state index is -0.119. The van der Waals surface area contributed by atoms with Crippen LogP contribution in [0.4, 0.5) is 5.69 Å². The summed E-state index contributed by atoms with van der Waals surface area (Å²) in [5.74, 6) is -0.119.